The summed E-state index contributed by atoms with van der Waals surface area (Å²) in [5.41, 5.74) is 7.42. The largest absolute Gasteiger partial charge is 0.453 e. The molecule has 2 aromatic heterocycles. The molecule has 0 amide bonds. The average molecular weight is 718 g/mol. The van der Waals surface area contributed by atoms with Gasteiger partial charge in [0.25, 0.3) is 0 Å². The first-order valence-corrected chi connectivity index (χ1v) is 19.6. The lowest BCUT2D eigenvalue weighted by Crippen LogP contribution is -2.11. The third kappa shape index (κ3) is 4.60. The van der Waals surface area contributed by atoms with Gasteiger partial charge in [0.05, 0.1) is 16.1 Å². The van der Waals surface area contributed by atoms with Gasteiger partial charge in [-0.1, -0.05) is 152 Å². The number of rotatable bonds is 4. The molecule has 2 nitrogen and oxygen atoms in total. The minimum absolute atomic E-state index is 0.875. The number of benzene rings is 10. The van der Waals surface area contributed by atoms with Gasteiger partial charge in [0.1, 0.15) is 5.58 Å². The van der Waals surface area contributed by atoms with Gasteiger partial charge in [-0.15, -0.1) is 11.3 Å². The van der Waals surface area contributed by atoms with Crippen molar-refractivity contribution in [2.45, 2.75) is 0 Å². The van der Waals surface area contributed by atoms with Crippen LogP contribution in [0, 0.1) is 0 Å². The third-order valence-corrected chi connectivity index (χ3v) is 12.7. The topological polar surface area (TPSA) is 16.4 Å². The van der Waals surface area contributed by atoms with Gasteiger partial charge in [0, 0.05) is 42.7 Å². The van der Waals surface area contributed by atoms with Crippen LogP contribution in [0.2, 0.25) is 0 Å². The molecule has 0 N–H and O–H groups in total. The number of hydrogen-bond acceptors (Lipinski definition) is 3. The normalized spacial score (nSPS) is 12.0. The van der Waals surface area contributed by atoms with Crippen LogP contribution in [0.15, 0.2) is 192 Å². The van der Waals surface area contributed by atoms with Crippen molar-refractivity contribution in [3.8, 4) is 11.1 Å². The van der Waals surface area contributed by atoms with Crippen molar-refractivity contribution in [2.75, 3.05) is 4.90 Å². The lowest BCUT2D eigenvalue weighted by Gasteiger charge is -2.28. The van der Waals surface area contributed by atoms with Crippen LogP contribution < -0.4 is 4.90 Å². The fourth-order valence-electron chi connectivity index (χ4n) is 8.75. The number of para-hydroxylation sites is 1. The van der Waals surface area contributed by atoms with Crippen LogP contribution >= 0.6 is 11.3 Å². The molecule has 0 aliphatic carbocycles. The maximum atomic E-state index is 7.06. The Hall–Kier alpha value is -6.94. The number of furan rings is 1. The lowest BCUT2D eigenvalue weighted by atomic mass is 9.99. The Balaban J connectivity index is 1.17. The fraction of sp³-hybridized carbons (Fsp3) is 0. The second-order valence-electron chi connectivity index (χ2n) is 14.5. The van der Waals surface area contributed by atoms with Gasteiger partial charge in [-0.2, -0.15) is 0 Å². The predicted molar refractivity (Wildman–Crippen MR) is 237 cm³/mol. The van der Waals surface area contributed by atoms with Gasteiger partial charge in [0.2, 0.25) is 0 Å². The summed E-state index contributed by atoms with van der Waals surface area (Å²) in [4.78, 5) is 2.46. The van der Waals surface area contributed by atoms with E-state index < -0.39 is 0 Å². The molecular formula is C52H31NOS. The highest BCUT2D eigenvalue weighted by molar-refractivity contribution is 7.27. The molecular weight excluding hydrogens is 687 g/mol. The zero-order chi connectivity index (χ0) is 36.0. The highest BCUT2D eigenvalue weighted by Crippen LogP contribution is 2.52. The van der Waals surface area contributed by atoms with E-state index in [2.05, 4.69) is 193 Å². The molecule has 0 radical (unpaired) electrons. The smallest absolute Gasteiger partial charge is 0.159 e. The number of hydrogen-bond donors (Lipinski definition) is 0. The average Bonchev–Trinajstić information content (AvgIpc) is 3.83. The fourth-order valence-corrected chi connectivity index (χ4v) is 10.1. The molecule has 256 valence electrons. The first-order valence-electron chi connectivity index (χ1n) is 18.7. The van der Waals surface area contributed by atoms with Crippen molar-refractivity contribution in [3.05, 3.63) is 188 Å². The first kappa shape index (κ1) is 30.5. The van der Waals surface area contributed by atoms with Crippen molar-refractivity contribution < 1.29 is 4.42 Å². The number of thiophene rings is 1. The van der Waals surface area contributed by atoms with Crippen molar-refractivity contribution >= 4 is 114 Å². The molecule has 0 unspecified atom stereocenters. The van der Waals surface area contributed by atoms with Crippen molar-refractivity contribution in [3.63, 3.8) is 0 Å². The molecule has 0 saturated carbocycles. The summed E-state index contributed by atoms with van der Waals surface area (Å²) in [6, 6.07) is 68.4. The molecule has 0 saturated heterocycles. The highest BCUT2D eigenvalue weighted by Gasteiger charge is 2.25. The van der Waals surface area contributed by atoms with E-state index in [1.54, 1.807) is 0 Å². The van der Waals surface area contributed by atoms with E-state index in [-0.39, 0.29) is 0 Å². The molecule has 10 aromatic carbocycles. The van der Waals surface area contributed by atoms with E-state index >= 15 is 0 Å². The summed E-state index contributed by atoms with van der Waals surface area (Å²) in [6.45, 7) is 0. The minimum atomic E-state index is 0.875. The number of anilines is 3. The number of fused-ring (bicyclic) bond motifs is 12. The van der Waals surface area contributed by atoms with Gasteiger partial charge in [0.15, 0.2) is 5.58 Å². The molecule has 0 aliphatic rings. The van der Waals surface area contributed by atoms with E-state index in [0.717, 1.165) is 44.4 Å². The van der Waals surface area contributed by atoms with E-state index in [0.29, 0.717) is 0 Å². The zero-order valence-electron chi connectivity index (χ0n) is 29.7. The monoisotopic (exact) mass is 717 g/mol. The van der Waals surface area contributed by atoms with Crippen LogP contribution in [-0.4, -0.2) is 0 Å². The maximum Gasteiger partial charge on any atom is 0.159 e. The van der Waals surface area contributed by atoms with Crippen LogP contribution in [0.5, 0.6) is 0 Å². The second kappa shape index (κ2) is 11.8. The highest BCUT2D eigenvalue weighted by atomic mass is 32.1. The Morgan fingerprint density at radius 2 is 0.945 bits per heavy atom. The Morgan fingerprint density at radius 3 is 1.76 bits per heavy atom. The van der Waals surface area contributed by atoms with Crippen molar-refractivity contribution in [2.24, 2.45) is 0 Å². The standard InChI is InChI=1S/C52H31NOS/c1-2-13-36-30-37(21-20-32(36)10-1)33-22-26-39(27-23-33)53(47-19-9-18-43-44-28-24-34-11-3-7-16-41(34)49(44)54-50(43)47)48-40-15-6-5-14-38(40)31-46-45-29-25-35-12-4-8-17-42(35)51(45)55-52(46)48/h1-31H. The predicted octanol–water partition coefficient (Wildman–Crippen LogP) is 15.7. The van der Waals surface area contributed by atoms with Crippen molar-refractivity contribution in [1.29, 1.82) is 0 Å². The molecule has 0 aliphatic heterocycles. The van der Waals surface area contributed by atoms with Crippen LogP contribution in [0.4, 0.5) is 17.1 Å². The third-order valence-electron chi connectivity index (χ3n) is 11.4. The second-order valence-corrected chi connectivity index (χ2v) is 15.5. The van der Waals surface area contributed by atoms with E-state index in [1.807, 2.05) is 11.3 Å². The van der Waals surface area contributed by atoms with E-state index in [1.165, 1.54) is 69.0 Å². The van der Waals surface area contributed by atoms with Gasteiger partial charge in [-0.25, -0.2) is 0 Å². The van der Waals surface area contributed by atoms with Gasteiger partial charge in [-0.3, -0.25) is 0 Å². The summed E-state index contributed by atoms with van der Waals surface area (Å²) in [6.07, 6.45) is 0. The number of nitrogens with zero attached hydrogens (tertiary/aromatic N) is 1. The van der Waals surface area contributed by atoms with Crippen LogP contribution in [0.1, 0.15) is 0 Å². The Morgan fingerprint density at radius 1 is 0.345 bits per heavy atom. The van der Waals surface area contributed by atoms with Crippen LogP contribution in [0.25, 0.3) is 96.3 Å². The molecule has 0 atom stereocenters. The summed E-state index contributed by atoms with van der Waals surface area (Å²) in [5.74, 6) is 0. The van der Waals surface area contributed by atoms with Gasteiger partial charge < -0.3 is 9.32 Å². The SMILES string of the molecule is c1ccc2cc(-c3ccc(N(c4cccc5c4oc4c6ccccc6ccc54)c4c5ccccc5cc5c4sc4c6ccccc6ccc54)cc3)ccc2c1. The summed E-state index contributed by atoms with van der Waals surface area (Å²) >= 11 is 1.89. The summed E-state index contributed by atoms with van der Waals surface area (Å²) in [5, 5.41) is 14.5. The van der Waals surface area contributed by atoms with Crippen LogP contribution in [-0.2, 0) is 0 Å². The quantitative estimate of drug-likeness (QED) is 0.180. The minimum Gasteiger partial charge on any atom is -0.453 e. The molecule has 12 aromatic rings. The molecule has 3 heteroatoms. The molecule has 55 heavy (non-hydrogen) atoms. The van der Waals surface area contributed by atoms with E-state index in [4.69, 9.17) is 4.42 Å². The maximum absolute atomic E-state index is 7.06. The van der Waals surface area contributed by atoms with Crippen molar-refractivity contribution in [1.82, 2.24) is 0 Å². The molecule has 2 heterocycles. The Kier molecular flexibility index (Phi) is 6.54. The molecule has 12 rings (SSSR count). The molecule has 0 fully saturated rings. The Labute approximate surface area is 320 Å². The molecule has 0 spiro atoms. The van der Waals surface area contributed by atoms with E-state index in [9.17, 15) is 0 Å². The zero-order valence-corrected chi connectivity index (χ0v) is 30.5. The molecule has 0 bridgehead atoms. The summed E-state index contributed by atoms with van der Waals surface area (Å²) in [7, 11) is 0. The first-order chi connectivity index (χ1) is 27.3. The Bertz CT molecular complexity index is 3500. The summed E-state index contributed by atoms with van der Waals surface area (Å²) < 4.78 is 9.62. The lowest BCUT2D eigenvalue weighted by molar-refractivity contribution is 0.673. The van der Waals surface area contributed by atoms with Gasteiger partial charge in [-0.05, 0) is 79.8 Å². The van der Waals surface area contributed by atoms with Gasteiger partial charge >= 0.3 is 0 Å². The van der Waals surface area contributed by atoms with Crippen LogP contribution in [0.3, 0.4) is 0 Å².